The number of nitrogens with two attached hydrogens (primary N) is 1. The molecule has 0 amide bonds. The van der Waals surface area contributed by atoms with Crippen LogP contribution in [0.15, 0.2) is 4.63 Å². The van der Waals surface area contributed by atoms with Gasteiger partial charge in [-0.05, 0) is 10.1 Å². The number of aromatic nitrogens is 5. The maximum Gasteiger partial charge on any atom is 0.420 e. The topological polar surface area (TPSA) is 132 Å². The summed E-state index contributed by atoms with van der Waals surface area (Å²) in [7, 11) is 0. The van der Waals surface area contributed by atoms with Crippen LogP contribution in [0, 0.1) is 10.4 Å². The highest BCUT2D eigenvalue weighted by Gasteiger charge is 2.21. The first-order valence-electron chi connectivity index (χ1n) is 2.81. The number of fused-ring (bicyclic) bond motifs is 1. The minimum atomic E-state index is -0.294. The van der Waals surface area contributed by atoms with Crippen LogP contribution >= 0.6 is 0 Å². The first-order valence-corrected chi connectivity index (χ1v) is 2.81. The predicted octanol–water partition coefficient (Wildman–Crippen LogP) is -2.53. The number of nitrogen functional groups attached to an aromatic ring is 1. The van der Waals surface area contributed by atoms with Crippen LogP contribution < -0.4 is 15.6 Å². The lowest BCUT2D eigenvalue weighted by Gasteiger charge is -1.85. The monoisotopic (exact) mass is 170 g/mol. The van der Waals surface area contributed by atoms with Crippen molar-refractivity contribution in [2.45, 2.75) is 0 Å². The van der Waals surface area contributed by atoms with Crippen LogP contribution in [-0.2, 0) is 0 Å². The molecule has 0 aliphatic carbocycles. The molecule has 62 valence electrons. The summed E-state index contributed by atoms with van der Waals surface area (Å²) >= 11 is 0. The molecular weight excluding hydrogens is 168 g/mol. The highest BCUT2D eigenvalue weighted by atomic mass is 16.8. The van der Waals surface area contributed by atoms with E-state index in [1.165, 1.54) is 0 Å². The molecule has 0 fully saturated rings. The van der Waals surface area contributed by atoms with Gasteiger partial charge in [0.05, 0.1) is 5.10 Å². The minimum Gasteiger partial charge on any atom is -0.557 e. The highest BCUT2D eigenvalue weighted by molar-refractivity contribution is 5.76. The third-order valence-electron chi connectivity index (χ3n) is 1.21. The van der Waals surface area contributed by atoms with Gasteiger partial charge in [-0.25, -0.2) is 0 Å². The number of hydrogen-bond acceptors (Lipinski definition) is 7. The van der Waals surface area contributed by atoms with Gasteiger partial charge in [0.25, 0.3) is 5.52 Å². The molecule has 2 heterocycles. The molecule has 0 saturated carbocycles. The van der Waals surface area contributed by atoms with E-state index in [0.29, 0.717) is 0 Å². The van der Waals surface area contributed by atoms with Gasteiger partial charge in [0, 0.05) is 0 Å². The molecule has 2 aromatic rings. The summed E-state index contributed by atoms with van der Waals surface area (Å²) in [5.74, 6) is -0.201. The van der Waals surface area contributed by atoms with Gasteiger partial charge in [0.1, 0.15) is 4.96 Å². The molecular formula is C3H2N6O3. The molecule has 12 heavy (non-hydrogen) atoms. The second kappa shape index (κ2) is 1.90. The van der Waals surface area contributed by atoms with Gasteiger partial charge in [-0.2, -0.15) is 0 Å². The molecule has 2 N–H and O–H groups in total. The SMILES string of the molecule is Nc1n[n+]([O-])nc2c1no[n+]2[O-]. The Hall–Kier alpha value is -2.19. The van der Waals surface area contributed by atoms with E-state index in [1.54, 1.807) is 0 Å². The number of anilines is 1. The van der Waals surface area contributed by atoms with Crippen LogP contribution in [0.2, 0.25) is 0 Å². The van der Waals surface area contributed by atoms with Crippen molar-refractivity contribution in [1.29, 1.82) is 0 Å². The average molecular weight is 170 g/mol. The Morgan fingerprint density at radius 2 is 2.08 bits per heavy atom. The second-order valence-corrected chi connectivity index (χ2v) is 1.94. The molecule has 0 saturated heterocycles. The van der Waals surface area contributed by atoms with E-state index in [2.05, 4.69) is 20.0 Å². The fourth-order valence-corrected chi connectivity index (χ4v) is 0.732. The Balaban J connectivity index is 2.92. The molecule has 0 bridgehead atoms. The minimum absolute atomic E-state index is 0.0260. The fraction of sp³-hybridized carbons (Fsp3) is 0. The highest BCUT2D eigenvalue weighted by Crippen LogP contribution is 2.06. The number of rotatable bonds is 0. The van der Waals surface area contributed by atoms with Crippen LogP contribution in [0.5, 0.6) is 0 Å². The van der Waals surface area contributed by atoms with Gasteiger partial charge in [-0.1, -0.05) is 0 Å². The van der Waals surface area contributed by atoms with Gasteiger partial charge in [0.15, 0.2) is 0 Å². The van der Waals surface area contributed by atoms with E-state index < -0.39 is 0 Å². The third-order valence-corrected chi connectivity index (χ3v) is 1.21. The quantitative estimate of drug-likeness (QED) is 0.340. The Morgan fingerprint density at radius 1 is 1.33 bits per heavy atom. The lowest BCUT2D eigenvalue weighted by molar-refractivity contribution is -0.795. The maximum atomic E-state index is 10.7. The van der Waals surface area contributed by atoms with Gasteiger partial charge in [0.2, 0.25) is 10.9 Å². The Bertz CT molecular complexity index is 437. The van der Waals surface area contributed by atoms with Crippen LogP contribution in [0.3, 0.4) is 0 Å². The van der Waals surface area contributed by atoms with Gasteiger partial charge in [-0.15, -0.1) is 0 Å². The molecule has 0 atom stereocenters. The Labute approximate surface area is 64.1 Å². The molecule has 9 heteroatoms. The standard InChI is InChI=1S/C3H2N6O3/c4-2-1-3(6-9(11)5-2)8(10)12-7-1/h(H2,4,5,6). The van der Waals surface area contributed by atoms with Gasteiger partial charge < -0.3 is 20.8 Å². The summed E-state index contributed by atoms with van der Waals surface area (Å²) < 4.78 is 4.13. The molecule has 2 rings (SSSR count). The normalized spacial score (nSPS) is 10.7. The lowest BCUT2D eigenvalue weighted by Crippen LogP contribution is -2.39. The zero-order valence-electron chi connectivity index (χ0n) is 5.54. The van der Waals surface area contributed by atoms with Crippen LogP contribution in [0.25, 0.3) is 11.2 Å². The maximum absolute atomic E-state index is 10.7. The van der Waals surface area contributed by atoms with Crippen molar-refractivity contribution in [1.82, 2.24) is 15.4 Å². The van der Waals surface area contributed by atoms with E-state index >= 15 is 0 Å². The molecule has 0 aromatic carbocycles. The molecule has 0 aliphatic rings. The van der Waals surface area contributed by atoms with Crippen molar-refractivity contribution < 1.29 is 14.5 Å². The Kier molecular flexibility index (Phi) is 1.03. The molecule has 0 radical (unpaired) electrons. The van der Waals surface area contributed by atoms with E-state index in [4.69, 9.17) is 5.73 Å². The average Bonchev–Trinajstić information content (AvgIpc) is 2.33. The number of hydrogen-bond donors (Lipinski definition) is 1. The van der Waals surface area contributed by atoms with Crippen molar-refractivity contribution in [2.75, 3.05) is 5.73 Å². The summed E-state index contributed by atoms with van der Waals surface area (Å²) in [5, 5.41) is 30.8. The zero-order valence-corrected chi connectivity index (χ0v) is 5.54. The Morgan fingerprint density at radius 3 is 2.83 bits per heavy atom. The van der Waals surface area contributed by atoms with Crippen molar-refractivity contribution in [3.63, 3.8) is 0 Å². The number of nitrogens with zero attached hydrogens (tertiary/aromatic N) is 5. The molecule has 0 spiro atoms. The first-order chi connectivity index (χ1) is 5.68. The van der Waals surface area contributed by atoms with Crippen LogP contribution in [0.1, 0.15) is 0 Å². The van der Waals surface area contributed by atoms with Gasteiger partial charge in [-0.3, -0.25) is 0 Å². The van der Waals surface area contributed by atoms with Gasteiger partial charge >= 0.3 is 5.65 Å². The van der Waals surface area contributed by atoms with E-state index in [1.807, 2.05) is 0 Å². The lowest BCUT2D eigenvalue weighted by atomic mass is 10.5. The van der Waals surface area contributed by atoms with E-state index in [9.17, 15) is 10.4 Å². The zero-order chi connectivity index (χ0) is 8.72. The van der Waals surface area contributed by atoms with Crippen molar-refractivity contribution in [3.8, 4) is 0 Å². The largest absolute Gasteiger partial charge is 0.557 e. The van der Waals surface area contributed by atoms with Crippen LogP contribution in [-0.4, -0.2) is 15.4 Å². The van der Waals surface area contributed by atoms with Crippen molar-refractivity contribution in [3.05, 3.63) is 10.4 Å². The molecule has 0 aliphatic heterocycles. The smallest absolute Gasteiger partial charge is 0.420 e. The summed E-state index contributed by atoms with van der Waals surface area (Å²) in [6.07, 6.45) is 0. The molecule has 9 nitrogen and oxygen atoms in total. The van der Waals surface area contributed by atoms with Crippen molar-refractivity contribution >= 4 is 17.0 Å². The van der Waals surface area contributed by atoms with E-state index in [-0.39, 0.29) is 26.8 Å². The second-order valence-electron chi connectivity index (χ2n) is 1.94. The molecule has 0 unspecified atom stereocenters. The predicted molar refractivity (Wildman–Crippen MR) is 31.9 cm³/mol. The summed E-state index contributed by atoms with van der Waals surface area (Å²) in [6.45, 7) is 0. The summed E-state index contributed by atoms with van der Waals surface area (Å²) in [4.78, 5) is -0.106. The summed E-state index contributed by atoms with van der Waals surface area (Å²) in [6, 6.07) is 0. The summed E-state index contributed by atoms with van der Waals surface area (Å²) in [5.41, 5.74) is 4.90. The molecule has 2 aromatic heterocycles. The third kappa shape index (κ3) is 0.696. The van der Waals surface area contributed by atoms with Crippen LogP contribution in [0.4, 0.5) is 5.82 Å². The fourth-order valence-electron chi connectivity index (χ4n) is 0.732. The van der Waals surface area contributed by atoms with E-state index in [0.717, 1.165) is 0 Å². The first kappa shape index (κ1) is 6.52. The van der Waals surface area contributed by atoms with Crippen molar-refractivity contribution in [2.24, 2.45) is 0 Å².